The van der Waals surface area contributed by atoms with Gasteiger partial charge in [0.1, 0.15) is 5.82 Å². The Morgan fingerprint density at radius 1 is 1.28 bits per heavy atom. The van der Waals surface area contributed by atoms with E-state index in [4.69, 9.17) is 0 Å². The molecular formula is C14H26N4. The molecule has 2 rings (SSSR count). The average molecular weight is 250 g/mol. The second-order valence-electron chi connectivity index (χ2n) is 5.47. The van der Waals surface area contributed by atoms with Crippen LogP contribution < -0.4 is 5.32 Å². The summed E-state index contributed by atoms with van der Waals surface area (Å²) in [4.78, 5) is 6.99. The minimum atomic E-state index is 0.317. The highest BCUT2D eigenvalue weighted by molar-refractivity contribution is 4.97. The largest absolute Gasteiger partial charge is 0.337 e. The summed E-state index contributed by atoms with van der Waals surface area (Å²) in [5, 5.41) is 3.60. The van der Waals surface area contributed by atoms with Crippen molar-refractivity contribution >= 4 is 0 Å². The van der Waals surface area contributed by atoms with E-state index in [-0.39, 0.29) is 0 Å². The van der Waals surface area contributed by atoms with Gasteiger partial charge in [-0.1, -0.05) is 6.42 Å². The van der Waals surface area contributed by atoms with Crippen LogP contribution in [0.3, 0.4) is 0 Å². The highest BCUT2D eigenvalue weighted by atomic mass is 15.2. The Kier molecular flexibility index (Phi) is 4.78. The van der Waals surface area contributed by atoms with E-state index < -0.39 is 0 Å². The van der Waals surface area contributed by atoms with Gasteiger partial charge in [0.2, 0.25) is 0 Å². The molecule has 0 radical (unpaired) electrons. The van der Waals surface area contributed by atoms with Crippen molar-refractivity contribution in [2.45, 2.75) is 45.2 Å². The third-order valence-electron chi connectivity index (χ3n) is 3.98. The predicted octanol–water partition coefficient (Wildman–Crippen LogP) is 1.95. The summed E-state index contributed by atoms with van der Waals surface area (Å²) in [5.41, 5.74) is 0. The first-order valence-corrected chi connectivity index (χ1v) is 7.13. The molecule has 2 unspecified atom stereocenters. The van der Waals surface area contributed by atoms with E-state index in [1.165, 1.54) is 32.4 Å². The third-order valence-corrected chi connectivity index (χ3v) is 3.98. The maximum atomic E-state index is 4.39. The van der Waals surface area contributed by atoms with E-state index in [0.29, 0.717) is 12.1 Å². The smallest absolute Gasteiger partial charge is 0.125 e. The Morgan fingerprint density at radius 2 is 2.00 bits per heavy atom. The molecule has 1 saturated heterocycles. The van der Waals surface area contributed by atoms with Crippen LogP contribution in [0.2, 0.25) is 0 Å². The van der Waals surface area contributed by atoms with Gasteiger partial charge in [-0.15, -0.1) is 0 Å². The number of aryl methyl sites for hydroxylation is 1. The number of nitrogens with one attached hydrogen (secondary N) is 1. The van der Waals surface area contributed by atoms with Crippen molar-refractivity contribution in [1.82, 2.24) is 19.8 Å². The summed E-state index contributed by atoms with van der Waals surface area (Å²) < 4.78 is 2.09. The van der Waals surface area contributed by atoms with Crippen molar-refractivity contribution in [3.63, 3.8) is 0 Å². The minimum absolute atomic E-state index is 0.317. The molecule has 0 aromatic carbocycles. The molecule has 4 heteroatoms. The number of piperidine rings is 1. The van der Waals surface area contributed by atoms with E-state index >= 15 is 0 Å². The molecule has 2 heterocycles. The summed E-state index contributed by atoms with van der Waals surface area (Å²) in [7, 11) is 2.05. The lowest BCUT2D eigenvalue weighted by Crippen LogP contribution is -2.43. The SMILES string of the molecule is CC(NCC(C)N1CCCCC1)c1nccn1C. The van der Waals surface area contributed by atoms with Crippen LogP contribution in [0.4, 0.5) is 0 Å². The lowest BCUT2D eigenvalue weighted by Gasteiger charge is -2.33. The molecule has 1 N–H and O–H groups in total. The zero-order valence-electron chi connectivity index (χ0n) is 11.9. The molecule has 2 atom stereocenters. The second-order valence-corrected chi connectivity index (χ2v) is 5.47. The first kappa shape index (κ1) is 13.6. The Labute approximate surface area is 110 Å². The van der Waals surface area contributed by atoms with E-state index in [0.717, 1.165) is 12.4 Å². The van der Waals surface area contributed by atoms with Crippen molar-refractivity contribution < 1.29 is 0 Å². The number of imidazole rings is 1. The van der Waals surface area contributed by atoms with Crippen LogP contribution in [0.25, 0.3) is 0 Å². The average Bonchev–Trinajstić information content (AvgIpc) is 2.83. The number of rotatable bonds is 5. The quantitative estimate of drug-likeness (QED) is 0.867. The zero-order valence-corrected chi connectivity index (χ0v) is 11.9. The number of nitrogens with zero attached hydrogens (tertiary/aromatic N) is 3. The molecular weight excluding hydrogens is 224 g/mol. The van der Waals surface area contributed by atoms with Gasteiger partial charge in [0.15, 0.2) is 0 Å². The van der Waals surface area contributed by atoms with Crippen LogP contribution >= 0.6 is 0 Å². The van der Waals surface area contributed by atoms with Gasteiger partial charge in [-0.25, -0.2) is 4.98 Å². The molecule has 1 aliphatic heterocycles. The lowest BCUT2D eigenvalue weighted by atomic mass is 10.1. The first-order chi connectivity index (χ1) is 8.68. The monoisotopic (exact) mass is 250 g/mol. The Hall–Kier alpha value is -0.870. The minimum Gasteiger partial charge on any atom is -0.337 e. The normalized spacial score (nSPS) is 20.8. The van der Waals surface area contributed by atoms with Gasteiger partial charge < -0.3 is 9.88 Å². The number of hydrogen-bond acceptors (Lipinski definition) is 3. The van der Waals surface area contributed by atoms with Crippen LogP contribution in [0.15, 0.2) is 12.4 Å². The topological polar surface area (TPSA) is 33.1 Å². The van der Waals surface area contributed by atoms with E-state index in [9.17, 15) is 0 Å². The molecule has 0 bridgehead atoms. The number of likely N-dealkylation sites (tertiary alicyclic amines) is 1. The zero-order chi connectivity index (χ0) is 13.0. The molecule has 102 valence electrons. The predicted molar refractivity (Wildman–Crippen MR) is 74.5 cm³/mol. The lowest BCUT2D eigenvalue weighted by molar-refractivity contribution is 0.168. The van der Waals surface area contributed by atoms with E-state index in [2.05, 4.69) is 40.7 Å². The standard InChI is InChI=1S/C14H26N4/c1-12(18-8-5-4-6-9-18)11-16-13(2)14-15-7-10-17(14)3/h7,10,12-13,16H,4-6,8-9,11H2,1-3H3. The fraction of sp³-hybridized carbons (Fsp3) is 0.786. The van der Waals surface area contributed by atoms with Gasteiger partial charge in [-0.2, -0.15) is 0 Å². The van der Waals surface area contributed by atoms with Gasteiger partial charge >= 0.3 is 0 Å². The van der Waals surface area contributed by atoms with Crippen LogP contribution in [0.5, 0.6) is 0 Å². The van der Waals surface area contributed by atoms with Crippen LogP contribution in [0, 0.1) is 0 Å². The molecule has 1 fully saturated rings. The third kappa shape index (κ3) is 3.33. The summed E-state index contributed by atoms with van der Waals surface area (Å²) in [5.74, 6) is 1.11. The maximum absolute atomic E-state index is 4.39. The van der Waals surface area contributed by atoms with Crippen LogP contribution in [-0.2, 0) is 7.05 Å². The molecule has 4 nitrogen and oxygen atoms in total. The molecule has 0 aliphatic carbocycles. The van der Waals surface area contributed by atoms with Gasteiger partial charge in [0.25, 0.3) is 0 Å². The molecule has 1 aromatic rings. The van der Waals surface area contributed by atoms with Crippen LogP contribution in [-0.4, -0.2) is 40.1 Å². The molecule has 1 aromatic heterocycles. The van der Waals surface area contributed by atoms with E-state index in [1.54, 1.807) is 0 Å². The highest BCUT2D eigenvalue weighted by Gasteiger charge is 2.18. The molecule has 18 heavy (non-hydrogen) atoms. The first-order valence-electron chi connectivity index (χ1n) is 7.13. The Bertz CT molecular complexity index is 354. The van der Waals surface area contributed by atoms with Crippen molar-refractivity contribution in [2.24, 2.45) is 7.05 Å². The van der Waals surface area contributed by atoms with Gasteiger partial charge in [-0.05, 0) is 39.8 Å². The fourth-order valence-corrected chi connectivity index (χ4v) is 2.72. The van der Waals surface area contributed by atoms with Crippen molar-refractivity contribution in [3.05, 3.63) is 18.2 Å². The highest BCUT2D eigenvalue weighted by Crippen LogP contribution is 2.13. The molecule has 0 saturated carbocycles. The fourth-order valence-electron chi connectivity index (χ4n) is 2.72. The number of hydrogen-bond donors (Lipinski definition) is 1. The number of aromatic nitrogens is 2. The Balaban J connectivity index is 1.78. The molecule has 0 amide bonds. The summed E-state index contributed by atoms with van der Waals surface area (Å²) in [6.45, 7) is 8.07. The van der Waals surface area contributed by atoms with Crippen molar-refractivity contribution in [2.75, 3.05) is 19.6 Å². The van der Waals surface area contributed by atoms with Gasteiger partial charge in [0, 0.05) is 32.0 Å². The Morgan fingerprint density at radius 3 is 2.61 bits per heavy atom. The second kappa shape index (κ2) is 6.34. The van der Waals surface area contributed by atoms with Crippen LogP contribution in [0.1, 0.15) is 45.0 Å². The molecule has 1 aliphatic rings. The van der Waals surface area contributed by atoms with Crippen molar-refractivity contribution in [3.8, 4) is 0 Å². The van der Waals surface area contributed by atoms with Crippen molar-refractivity contribution in [1.29, 1.82) is 0 Å². The summed E-state index contributed by atoms with van der Waals surface area (Å²) in [6.07, 6.45) is 7.99. The van der Waals surface area contributed by atoms with Gasteiger partial charge in [0.05, 0.1) is 6.04 Å². The summed E-state index contributed by atoms with van der Waals surface area (Å²) >= 11 is 0. The summed E-state index contributed by atoms with van der Waals surface area (Å²) in [6, 6.07) is 0.935. The van der Waals surface area contributed by atoms with Gasteiger partial charge in [-0.3, -0.25) is 4.90 Å². The molecule has 0 spiro atoms. The maximum Gasteiger partial charge on any atom is 0.125 e. The van der Waals surface area contributed by atoms with E-state index in [1.807, 2.05) is 12.4 Å².